The quantitative estimate of drug-likeness (QED) is 0.456. The van der Waals surface area contributed by atoms with Crippen LogP contribution in [0.25, 0.3) is 0 Å². The molecule has 0 spiro atoms. The van der Waals surface area contributed by atoms with Crippen molar-refractivity contribution in [1.82, 2.24) is 0 Å². The number of hydrogen-bond acceptors (Lipinski definition) is 4. The number of halogens is 1. The van der Waals surface area contributed by atoms with Crippen LogP contribution < -0.4 is 0 Å². The Morgan fingerprint density at radius 1 is 0.857 bits per heavy atom. The zero-order valence-corrected chi connectivity index (χ0v) is 10.8. The van der Waals surface area contributed by atoms with Gasteiger partial charge in [-0.3, -0.25) is 0 Å². The van der Waals surface area contributed by atoms with E-state index in [0.29, 0.717) is 32.3 Å². The Hall–Kier alpha value is 0.347. The van der Waals surface area contributed by atoms with Gasteiger partial charge < -0.3 is 17.7 Å². The maximum Gasteiger partial charge on any atom is 0.679 e. The van der Waals surface area contributed by atoms with Crippen molar-refractivity contribution in [1.29, 1.82) is 0 Å². The molecule has 14 heavy (non-hydrogen) atoms. The standard InChI is InChI=1S/C8H19ClO4Si/c1-4-10-14(11-5-2,12-6-3)13-8-7-9/h4-8H2,1-3H3. The van der Waals surface area contributed by atoms with Gasteiger partial charge in [-0.05, 0) is 20.8 Å². The molecule has 86 valence electrons. The summed E-state index contributed by atoms with van der Waals surface area (Å²) in [6.07, 6.45) is 0. The van der Waals surface area contributed by atoms with Crippen molar-refractivity contribution < 1.29 is 17.7 Å². The van der Waals surface area contributed by atoms with Gasteiger partial charge in [0.1, 0.15) is 0 Å². The molecular weight excluding hydrogens is 224 g/mol. The Morgan fingerprint density at radius 2 is 1.29 bits per heavy atom. The highest BCUT2D eigenvalue weighted by atomic mass is 35.5. The maximum atomic E-state index is 5.54. The molecular formula is C8H19ClO4Si. The highest BCUT2D eigenvalue weighted by Crippen LogP contribution is 2.11. The van der Waals surface area contributed by atoms with Gasteiger partial charge in [-0.2, -0.15) is 0 Å². The van der Waals surface area contributed by atoms with Gasteiger partial charge in [0.25, 0.3) is 0 Å². The van der Waals surface area contributed by atoms with Gasteiger partial charge in [-0.15, -0.1) is 11.6 Å². The first-order chi connectivity index (χ1) is 6.74. The van der Waals surface area contributed by atoms with E-state index in [-0.39, 0.29) is 0 Å². The van der Waals surface area contributed by atoms with Gasteiger partial charge in [0.05, 0.1) is 6.61 Å². The summed E-state index contributed by atoms with van der Waals surface area (Å²) in [6.45, 7) is 7.54. The lowest BCUT2D eigenvalue weighted by Gasteiger charge is -2.26. The fourth-order valence-electron chi connectivity index (χ4n) is 0.944. The minimum Gasteiger partial charge on any atom is -0.351 e. The molecule has 0 aliphatic carbocycles. The zero-order valence-electron chi connectivity index (χ0n) is 9.05. The fraction of sp³-hybridized carbons (Fsp3) is 1.00. The second-order valence-corrected chi connectivity index (χ2v) is 4.87. The highest BCUT2D eigenvalue weighted by molar-refractivity contribution is 6.53. The van der Waals surface area contributed by atoms with E-state index in [1.54, 1.807) is 0 Å². The monoisotopic (exact) mass is 242 g/mol. The first kappa shape index (κ1) is 14.3. The zero-order chi connectivity index (χ0) is 10.9. The van der Waals surface area contributed by atoms with Gasteiger partial charge in [-0.25, -0.2) is 0 Å². The summed E-state index contributed by atoms with van der Waals surface area (Å²) in [5.41, 5.74) is 0. The SMILES string of the molecule is CCO[Si](OCC)(OCC)OCCCl. The fourth-order valence-corrected chi connectivity index (χ4v) is 3.06. The molecule has 0 aromatic rings. The van der Waals surface area contributed by atoms with E-state index in [1.807, 2.05) is 20.8 Å². The van der Waals surface area contributed by atoms with E-state index in [2.05, 4.69) is 0 Å². The van der Waals surface area contributed by atoms with Crippen LogP contribution in [0, 0.1) is 0 Å². The van der Waals surface area contributed by atoms with Crippen molar-refractivity contribution in [2.45, 2.75) is 20.8 Å². The molecule has 0 aromatic heterocycles. The average molecular weight is 243 g/mol. The first-order valence-electron chi connectivity index (χ1n) is 4.86. The van der Waals surface area contributed by atoms with E-state index in [9.17, 15) is 0 Å². The van der Waals surface area contributed by atoms with E-state index in [0.717, 1.165) is 0 Å². The number of hydrogen-bond donors (Lipinski definition) is 0. The molecule has 0 aromatic carbocycles. The topological polar surface area (TPSA) is 36.9 Å². The summed E-state index contributed by atoms with van der Waals surface area (Å²) >= 11 is 5.54. The second-order valence-electron chi connectivity index (χ2n) is 2.34. The minimum absolute atomic E-state index is 0.383. The Labute approximate surface area is 91.9 Å². The predicted octanol–water partition coefficient (Wildman–Crippen LogP) is 1.79. The minimum atomic E-state index is -2.90. The normalized spacial score (nSPS) is 12.0. The summed E-state index contributed by atoms with van der Waals surface area (Å²) in [4.78, 5) is 0. The molecule has 0 bridgehead atoms. The second kappa shape index (κ2) is 8.64. The summed E-state index contributed by atoms with van der Waals surface area (Å²) in [5.74, 6) is 0.405. The van der Waals surface area contributed by atoms with Crippen molar-refractivity contribution in [3.05, 3.63) is 0 Å². The van der Waals surface area contributed by atoms with Crippen molar-refractivity contribution >= 4 is 20.6 Å². The Bertz CT molecular complexity index is 119. The van der Waals surface area contributed by atoms with Crippen molar-refractivity contribution in [3.8, 4) is 0 Å². The molecule has 0 rings (SSSR count). The smallest absolute Gasteiger partial charge is 0.351 e. The van der Waals surface area contributed by atoms with Crippen molar-refractivity contribution in [2.24, 2.45) is 0 Å². The summed E-state index contributed by atoms with van der Waals surface area (Å²) in [6, 6.07) is 0. The van der Waals surface area contributed by atoms with Gasteiger partial charge in [-0.1, -0.05) is 0 Å². The Kier molecular flexibility index (Phi) is 8.85. The van der Waals surface area contributed by atoms with Crippen LogP contribution in [0.4, 0.5) is 0 Å². The Balaban J connectivity index is 4.21. The third-order valence-corrected chi connectivity index (χ3v) is 3.96. The number of alkyl halides is 1. The molecule has 0 fully saturated rings. The largest absolute Gasteiger partial charge is 0.679 e. The molecule has 0 aliphatic rings. The lowest BCUT2D eigenvalue weighted by atomic mass is 10.9. The first-order valence-corrected chi connectivity index (χ1v) is 7.03. The van der Waals surface area contributed by atoms with Gasteiger partial charge in [0.15, 0.2) is 0 Å². The summed E-state index contributed by atoms with van der Waals surface area (Å²) in [5, 5.41) is 0. The third-order valence-electron chi connectivity index (χ3n) is 1.32. The van der Waals surface area contributed by atoms with Crippen LogP contribution in [0.15, 0.2) is 0 Å². The van der Waals surface area contributed by atoms with Crippen LogP contribution in [0.3, 0.4) is 0 Å². The lowest BCUT2D eigenvalue weighted by Crippen LogP contribution is -2.49. The van der Waals surface area contributed by atoms with Crippen LogP contribution in [0.2, 0.25) is 0 Å². The van der Waals surface area contributed by atoms with Crippen molar-refractivity contribution in [2.75, 3.05) is 32.3 Å². The van der Waals surface area contributed by atoms with E-state index >= 15 is 0 Å². The maximum absolute atomic E-state index is 5.54. The van der Waals surface area contributed by atoms with Crippen molar-refractivity contribution in [3.63, 3.8) is 0 Å². The molecule has 0 unspecified atom stereocenters. The molecule has 0 radical (unpaired) electrons. The molecule has 0 aliphatic heterocycles. The van der Waals surface area contributed by atoms with Crippen LogP contribution in [-0.2, 0) is 17.7 Å². The van der Waals surface area contributed by atoms with Gasteiger partial charge in [0.2, 0.25) is 0 Å². The van der Waals surface area contributed by atoms with Gasteiger partial charge >= 0.3 is 9.05 Å². The molecule has 0 atom stereocenters. The van der Waals surface area contributed by atoms with Crippen LogP contribution in [0.5, 0.6) is 0 Å². The van der Waals surface area contributed by atoms with Crippen LogP contribution in [-0.4, -0.2) is 41.4 Å². The summed E-state index contributed by atoms with van der Waals surface area (Å²) in [7, 11) is -2.90. The third kappa shape index (κ3) is 5.28. The Morgan fingerprint density at radius 3 is 1.57 bits per heavy atom. The molecule has 0 saturated carbocycles. The molecule has 6 heteroatoms. The highest BCUT2D eigenvalue weighted by Gasteiger charge is 2.44. The molecule has 0 amide bonds. The number of rotatable bonds is 9. The van der Waals surface area contributed by atoms with E-state index in [4.69, 9.17) is 29.3 Å². The molecule has 4 nitrogen and oxygen atoms in total. The molecule has 0 N–H and O–H groups in total. The van der Waals surface area contributed by atoms with Crippen LogP contribution >= 0.6 is 11.6 Å². The van der Waals surface area contributed by atoms with Crippen LogP contribution in [0.1, 0.15) is 20.8 Å². The van der Waals surface area contributed by atoms with E-state index in [1.165, 1.54) is 0 Å². The van der Waals surface area contributed by atoms with E-state index < -0.39 is 9.05 Å². The van der Waals surface area contributed by atoms with Gasteiger partial charge in [0, 0.05) is 25.7 Å². The lowest BCUT2D eigenvalue weighted by molar-refractivity contribution is -0.0243. The average Bonchev–Trinajstić information content (AvgIpc) is 2.16. The molecule has 0 saturated heterocycles. The molecule has 0 heterocycles. The summed E-state index contributed by atoms with van der Waals surface area (Å²) < 4.78 is 21.7. The predicted molar refractivity (Wildman–Crippen MR) is 57.3 cm³/mol.